The number of nitrogens with two attached hydrogens (primary N) is 1. The summed E-state index contributed by atoms with van der Waals surface area (Å²) in [6.07, 6.45) is -2.15. The van der Waals surface area contributed by atoms with Gasteiger partial charge < -0.3 is 10.6 Å². The monoisotopic (exact) mass is 238 g/mol. The maximum absolute atomic E-state index is 12.1. The SMILES string of the molecule is CCC(C)(C(=O)N(C)CC(F)F)C(N)=S. The number of carbonyl (C=O) groups is 1. The van der Waals surface area contributed by atoms with Gasteiger partial charge in [-0.15, -0.1) is 0 Å². The summed E-state index contributed by atoms with van der Waals surface area (Å²) in [5.41, 5.74) is 4.42. The smallest absolute Gasteiger partial charge is 0.255 e. The Hall–Kier alpha value is -0.780. The molecule has 0 bridgehead atoms. The van der Waals surface area contributed by atoms with E-state index in [1.165, 1.54) is 7.05 Å². The highest BCUT2D eigenvalue weighted by Crippen LogP contribution is 2.24. The third kappa shape index (κ3) is 3.37. The first-order valence-corrected chi connectivity index (χ1v) is 5.00. The summed E-state index contributed by atoms with van der Waals surface area (Å²) < 4.78 is 24.2. The fourth-order valence-corrected chi connectivity index (χ4v) is 1.37. The Bertz CT molecular complexity index is 260. The molecule has 0 spiro atoms. The Morgan fingerprint density at radius 2 is 2.07 bits per heavy atom. The fourth-order valence-electron chi connectivity index (χ4n) is 1.14. The third-order valence-electron chi connectivity index (χ3n) is 2.48. The number of carbonyl (C=O) groups excluding carboxylic acids is 1. The van der Waals surface area contributed by atoms with E-state index in [0.29, 0.717) is 6.42 Å². The lowest BCUT2D eigenvalue weighted by molar-refractivity contribution is -0.138. The van der Waals surface area contributed by atoms with Crippen LogP contribution in [0.4, 0.5) is 8.78 Å². The van der Waals surface area contributed by atoms with E-state index in [9.17, 15) is 13.6 Å². The molecule has 0 aliphatic carbocycles. The Morgan fingerprint density at radius 1 is 1.60 bits per heavy atom. The number of alkyl halides is 2. The van der Waals surface area contributed by atoms with Crippen LogP contribution in [0.3, 0.4) is 0 Å². The van der Waals surface area contributed by atoms with Gasteiger partial charge in [0.15, 0.2) is 0 Å². The molecule has 0 aliphatic heterocycles. The van der Waals surface area contributed by atoms with Crippen LogP contribution in [0.15, 0.2) is 0 Å². The molecule has 0 saturated heterocycles. The highest BCUT2D eigenvalue weighted by atomic mass is 32.1. The van der Waals surface area contributed by atoms with Gasteiger partial charge in [0.1, 0.15) is 0 Å². The van der Waals surface area contributed by atoms with Gasteiger partial charge in [-0.2, -0.15) is 0 Å². The number of thiocarbonyl (C=S) groups is 1. The minimum Gasteiger partial charge on any atom is -0.392 e. The maximum atomic E-state index is 12.1. The predicted octanol–water partition coefficient (Wildman–Crippen LogP) is 1.41. The molecule has 0 aromatic rings. The van der Waals surface area contributed by atoms with Crippen LogP contribution in [0.1, 0.15) is 20.3 Å². The summed E-state index contributed by atoms with van der Waals surface area (Å²) >= 11 is 4.78. The second-order valence-corrected chi connectivity index (χ2v) is 4.07. The standard InChI is InChI=1S/C9H16F2N2OS/c1-4-9(2,7(12)15)8(14)13(3)5-6(10)11/h6H,4-5H2,1-3H3,(H2,12,15). The van der Waals surface area contributed by atoms with Gasteiger partial charge in [0, 0.05) is 7.05 Å². The van der Waals surface area contributed by atoms with E-state index < -0.39 is 24.3 Å². The third-order valence-corrected chi connectivity index (χ3v) is 2.93. The van der Waals surface area contributed by atoms with Crippen molar-refractivity contribution < 1.29 is 13.6 Å². The zero-order valence-electron chi connectivity index (χ0n) is 9.09. The van der Waals surface area contributed by atoms with Crippen LogP contribution in [-0.2, 0) is 4.79 Å². The first-order valence-electron chi connectivity index (χ1n) is 4.59. The molecule has 3 nitrogen and oxygen atoms in total. The van der Waals surface area contributed by atoms with Gasteiger partial charge in [-0.05, 0) is 13.3 Å². The first kappa shape index (κ1) is 14.2. The first-order chi connectivity index (χ1) is 6.75. The fraction of sp³-hybridized carbons (Fsp3) is 0.778. The highest BCUT2D eigenvalue weighted by Gasteiger charge is 2.37. The Morgan fingerprint density at radius 3 is 2.33 bits per heavy atom. The molecule has 1 atom stereocenters. The minimum atomic E-state index is -2.55. The highest BCUT2D eigenvalue weighted by molar-refractivity contribution is 7.80. The Kier molecular flexibility index (Phi) is 5.07. The van der Waals surface area contributed by atoms with Gasteiger partial charge in [0.2, 0.25) is 5.91 Å². The zero-order valence-corrected chi connectivity index (χ0v) is 9.91. The van der Waals surface area contributed by atoms with Gasteiger partial charge in [-0.3, -0.25) is 4.79 Å². The Balaban J connectivity index is 4.73. The van der Waals surface area contributed by atoms with E-state index >= 15 is 0 Å². The molecule has 0 aliphatic rings. The van der Waals surface area contributed by atoms with Crippen molar-refractivity contribution in [3.05, 3.63) is 0 Å². The molecule has 0 saturated carbocycles. The van der Waals surface area contributed by atoms with Crippen LogP contribution in [0.5, 0.6) is 0 Å². The summed E-state index contributed by atoms with van der Waals surface area (Å²) in [7, 11) is 1.32. The van der Waals surface area contributed by atoms with Gasteiger partial charge >= 0.3 is 0 Å². The predicted molar refractivity (Wildman–Crippen MR) is 58.8 cm³/mol. The number of halogens is 2. The van der Waals surface area contributed by atoms with Gasteiger partial charge in [-0.25, -0.2) is 8.78 Å². The maximum Gasteiger partial charge on any atom is 0.255 e. The number of nitrogens with zero attached hydrogens (tertiary/aromatic N) is 1. The van der Waals surface area contributed by atoms with Gasteiger partial charge in [-0.1, -0.05) is 19.1 Å². The molecule has 0 fully saturated rings. The van der Waals surface area contributed by atoms with E-state index in [1.807, 2.05) is 0 Å². The van der Waals surface area contributed by atoms with Crippen molar-refractivity contribution in [3.63, 3.8) is 0 Å². The van der Waals surface area contributed by atoms with Gasteiger partial charge in [0.05, 0.1) is 16.9 Å². The number of hydrogen-bond acceptors (Lipinski definition) is 2. The second kappa shape index (κ2) is 5.34. The summed E-state index contributed by atoms with van der Waals surface area (Å²) in [5, 5.41) is 0. The largest absolute Gasteiger partial charge is 0.392 e. The molecule has 0 rings (SSSR count). The molecule has 2 N–H and O–H groups in total. The zero-order chi connectivity index (χ0) is 12.2. The molecule has 1 unspecified atom stereocenters. The summed E-state index contributed by atoms with van der Waals surface area (Å²) in [6.45, 7) is 2.71. The van der Waals surface area contributed by atoms with Crippen molar-refractivity contribution in [2.45, 2.75) is 26.7 Å². The van der Waals surface area contributed by atoms with Crippen molar-refractivity contribution in [1.29, 1.82) is 0 Å². The lowest BCUT2D eigenvalue weighted by Gasteiger charge is -2.30. The van der Waals surface area contributed by atoms with Gasteiger partial charge in [0.25, 0.3) is 6.43 Å². The number of hydrogen-bond donors (Lipinski definition) is 1. The molecule has 88 valence electrons. The van der Waals surface area contributed by atoms with Crippen molar-refractivity contribution in [1.82, 2.24) is 4.90 Å². The molecule has 0 heterocycles. The molecule has 0 aromatic carbocycles. The summed E-state index contributed by atoms with van der Waals surface area (Å²) in [5.74, 6) is -0.460. The molecule has 0 radical (unpaired) electrons. The minimum absolute atomic E-state index is 0.0381. The summed E-state index contributed by atoms with van der Waals surface area (Å²) in [4.78, 5) is 12.8. The summed E-state index contributed by atoms with van der Waals surface area (Å²) in [6, 6.07) is 0. The quantitative estimate of drug-likeness (QED) is 0.737. The van der Waals surface area contributed by atoms with Crippen LogP contribution in [0, 0.1) is 5.41 Å². The van der Waals surface area contributed by atoms with E-state index in [0.717, 1.165) is 4.90 Å². The molecular weight excluding hydrogens is 222 g/mol. The number of amides is 1. The topological polar surface area (TPSA) is 46.3 Å². The van der Waals surface area contributed by atoms with Crippen LogP contribution < -0.4 is 5.73 Å². The van der Waals surface area contributed by atoms with Crippen LogP contribution in [-0.4, -0.2) is 35.8 Å². The lowest BCUT2D eigenvalue weighted by Crippen LogP contribution is -2.48. The van der Waals surface area contributed by atoms with Crippen molar-refractivity contribution in [2.75, 3.05) is 13.6 Å². The lowest BCUT2D eigenvalue weighted by atomic mass is 9.86. The van der Waals surface area contributed by atoms with E-state index in [-0.39, 0.29) is 4.99 Å². The van der Waals surface area contributed by atoms with Crippen molar-refractivity contribution >= 4 is 23.1 Å². The van der Waals surface area contributed by atoms with E-state index in [2.05, 4.69) is 0 Å². The molecule has 6 heteroatoms. The van der Waals surface area contributed by atoms with E-state index in [1.54, 1.807) is 13.8 Å². The van der Waals surface area contributed by atoms with Crippen LogP contribution in [0.2, 0.25) is 0 Å². The number of rotatable bonds is 5. The molecular formula is C9H16F2N2OS. The average molecular weight is 238 g/mol. The molecule has 15 heavy (non-hydrogen) atoms. The Labute approximate surface area is 93.6 Å². The van der Waals surface area contributed by atoms with Crippen LogP contribution in [0.25, 0.3) is 0 Å². The average Bonchev–Trinajstić information content (AvgIpc) is 2.13. The second-order valence-electron chi connectivity index (χ2n) is 3.63. The van der Waals surface area contributed by atoms with Crippen molar-refractivity contribution in [2.24, 2.45) is 11.1 Å². The molecule has 1 amide bonds. The normalized spacial score (nSPS) is 14.8. The molecule has 0 aromatic heterocycles. The van der Waals surface area contributed by atoms with E-state index in [4.69, 9.17) is 18.0 Å². The van der Waals surface area contributed by atoms with Crippen LogP contribution >= 0.6 is 12.2 Å². The van der Waals surface area contributed by atoms with Crippen molar-refractivity contribution in [3.8, 4) is 0 Å².